The molecule has 1 saturated carbocycles. The molecule has 1 aliphatic carbocycles. The molecule has 1 aromatic carbocycles. The predicted molar refractivity (Wildman–Crippen MR) is 74.3 cm³/mol. The zero-order valence-electron chi connectivity index (χ0n) is 11.2. The average Bonchev–Trinajstić information content (AvgIpc) is 2.84. The van der Waals surface area contributed by atoms with Crippen molar-refractivity contribution in [3.8, 4) is 0 Å². The SMILES string of the molecule is CN(CCNc1ccccc1F)CC1CCCC1. The molecule has 0 aliphatic heterocycles. The number of likely N-dealkylation sites (N-methyl/N-ethyl adjacent to an activating group) is 1. The summed E-state index contributed by atoms with van der Waals surface area (Å²) in [5.74, 6) is 0.708. The number of benzene rings is 1. The summed E-state index contributed by atoms with van der Waals surface area (Å²) in [6, 6.07) is 6.84. The van der Waals surface area contributed by atoms with Crippen LogP contribution in [0.15, 0.2) is 24.3 Å². The summed E-state index contributed by atoms with van der Waals surface area (Å²) in [6.45, 7) is 2.94. The Morgan fingerprint density at radius 3 is 2.72 bits per heavy atom. The van der Waals surface area contributed by atoms with Crippen LogP contribution in [0.3, 0.4) is 0 Å². The summed E-state index contributed by atoms with van der Waals surface area (Å²) < 4.78 is 13.4. The molecule has 1 fully saturated rings. The van der Waals surface area contributed by atoms with Crippen LogP contribution in [-0.4, -0.2) is 31.6 Å². The molecule has 1 aliphatic rings. The second-order valence-electron chi connectivity index (χ2n) is 5.32. The van der Waals surface area contributed by atoms with Crippen LogP contribution in [0, 0.1) is 11.7 Å². The Morgan fingerprint density at radius 1 is 1.28 bits per heavy atom. The maximum Gasteiger partial charge on any atom is 0.146 e. The minimum atomic E-state index is -0.170. The number of halogens is 1. The quantitative estimate of drug-likeness (QED) is 0.833. The number of nitrogens with one attached hydrogen (secondary N) is 1. The first-order valence-electron chi connectivity index (χ1n) is 6.92. The highest BCUT2D eigenvalue weighted by Gasteiger charge is 2.16. The minimum absolute atomic E-state index is 0.170. The lowest BCUT2D eigenvalue weighted by Gasteiger charge is -2.21. The van der Waals surface area contributed by atoms with Crippen molar-refractivity contribution in [2.24, 2.45) is 5.92 Å². The van der Waals surface area contributed by atoms with E-state index in [4.69, 9.17) is 0 Å². The number of hydrogen-bond donors (Lipinski definition) is 1. The molecular formula is C15H23FN2. The summed E-state index contributed by atoms with van der Waals surface area (Å²) in [7, 11) is 2.15. The van der Waals surface area contributed by atoms with E-state index in [1.54, 1.807) is 12.1 Å². The molecule has 0 aromatic heterocycles. The van der Waals surface area contributed by atoms with Crippen LogP contribution in [0.4, 0.5) is 10.1 Å². The highest BCUT2D eigenvalue weighted by Crippen LogP contribution is 2.25. The fraction of sp³-hybridized carbons (Fsp3) is 0.600. The summed E-state index contributed by atoms with van der Waals surface area (Å²) in [6.07, 6.45) is 5.55. The molecule has 2 nitrogen and oxygen atoms in total. The van der Waals surface area contributed by atoms with Crippen LogP contribution >= 0.6 is 0 Å². The highest BCUT2D eigenvalue weighted by atomic mass is 19.1. The molecule has 18 heavy (non-hydrogen) atoms. The average molecular weight is 250 g/mol. The Labute approximate surface area is 109 Å². The van der Waals surface area contributed by atoms with E-state index in [0.717, 1.165) is 19.0 Å². The number of rotatable bonds is 6. The van der Waals surface area contributed by atoms with Crippen molar-refractivity contribution in [2.75, 3.05) is 32.0 Å². The Bertz CT molecular complexity index is 361. The third kappa shape index (κ3) is 3.98. The fourth-order valence-corrected chi connectivity index (χ4v) is 2.71. The predicted octanol–water partition coefficient (Wildman–Crippen LogP) is 3.36. The van der Waals surface area contributed by atoms with E-state index in [-0.39, 0.29) is 5.82 Å². The van der Waals surface area contributed by atoms with Crippen molar-refractivity contribution < 1.29 is 4.39 Å². The maximum absolute atomic E-state index is 13.4. The Balaban J connectivity index is 1.67. The van der Waals surface area contributed by atoms with Gasteiger partial charge in [0.15, 0.2) is 0 Å². The maximum atomic E-state index is 13.4. The second kappa shape index (κ2) is 6.74. The lowest BCUT2D eigenvalue weighted by molar-refractivity contribution is 0.287. The van der Waals surface area contributed by atoms with Crippen LogP contribution < -0.4 is 5.32 Å². The van der Waals surface area contributed by atoms with Crippen LogP contribution in [0.2, 0.25) is 0 Å². The normalized spacial score (nSPS) is 16.4. The lowest BCUT2D eigenvalue weighted by atomic mass is 10.1. The van der Waals surface area contributed by atoms with Gasteiger partial charge in [0.2, 0.25) is 0 Å². The standard InChI is InChI=1S/C15H23FN2/c1-18(12-13-6-2-3-7-13)11-10-17-15-9-5-4-8-14(15)16/h4-5,8-9,13,17H,2-3,6-7,10-12H2,1H3. The molecule has 1 N–H and O–H groups in total. The highest BCUT2D eigenvalue weighted by molar-refractivity contribution is 5.44. The number of nitrogens with zero attached hydrogens (tertiary/aromatic N) is 1. The smallest absolute Gasteiger partial charge is 0.146 e. The molecular weight excluding hydrogens is 227 g/mol. The summed E-state index contributed by atoms with van der Waals surface area (Å²) in [5.41, 5.74) is 0.603. The Hall–Kier alpha value is -1.09. The van der Waals surface area contributed by atoms with Gasteiger partial charge in [0.05, 0.1) is 5.69 Å². The van der Waals surface area contributed by atoms with E-state index < -0.39 is 0 Å². The van der Waals surface area contributed by atoms with Crippen molar-refractivity contribution in [2.45, 2.75) is 25.7 Å². The number of hydrogen-bond acceptors (Lipinski definition) is 2. The molecule has 1 aromatic rings. The number of para-hydroxylation sites is 1. The van der Waals surface area contributed by atoms with Crippen molar-refractivity contribution in [1.29, 1.82) is 0 Å². The van der Waals surface area contributed by atoms with Gasteiger partial charge in [-0.2, -0.15) is 0 Å². The van der Waals surface area contributed by atoms with Gasteiger partial charge >= 0.3 is 0 Å². The molecule has 0 radical (unpaired) electrons. The van der Waals surface area contributed by atoms with E-state index in [1.165, 1.54) is 38.3 Å². The zero-order valence-corrected chi connectivity index (χ0v) is 11.2. The van der Waals surface area contributed by atoms with Crippen molar-refractivity contribution >= 4 is 5.69 Å². The van der Waals surface area contributed by atoms with Gasteiger partial charge < -0.3 is 10.2 Å². The monoisotopic (exact) mass is 250 g/mol. The third-order valence-electron chi connectivity index (χ3n) is 3.73. The van der Waals surface area contributed by atoms with E-state index in [9.17, 15) is 4.39 Å². The van der Waals surface area contributed by atoms with E-state index >= 15 is 0 Å². The van der Waals surface area contributed by atoms with E-state index in [1.807, 2.05) is 6.07 Å². The Kier molecular flexibility index (Phi) is 5.00. The molecule has 2 rings (SSSR count). The van der Waals surface area contributed by atoms with Gasteiger partial charge in [-0.1, -0.05) is 25.0 Å². The van der Waals surface area contributed by atoms with Crippen molar-refractivity contribution in [1.82, 2.24) is 4.90 Å². The molecule has 0 amide bonds. The first-order chi connectivity index (χ1) is 8.75. The van der Waals surface area contributed by atoms with E-state index in [0.29, 0.717) is 5.69 Å². The van der Waals surface area contributed by atoms with Gasteiger partial charge in [-0.15, -0.1) is 0 Å². The van der Waals surface area contributed by atoms with Crippen LogP contribution in [0.5, 0.6) is 0 Å². The molecule has 0 atom stereocenters. The van der Waals surface area contributed by atoms with Crippen LogP contribution in [-0.2, 0) is 0 Å². The van der Waals surface area contributed by atoms with Crippen LogP contribution in [0.1, 0.15) is 25.7 Å². The molecule has 0 bridgehead atoms. The number of anilines is 1. The lowest BCUT2D eigenvalue weighted by Crippen LogP contribution is -2.29. The summed E-state index contributed by atoms with van der Waals surface area (Å²) >= 11 is 0. The van der Waals surface area contributed by atoms with Gasteiger partial charge in [-0.25, -0.2) is 4.39 Å². The molecule has 0 saturated heterocycles. The zero-order chi connectivity index (χ0) is 12.8. The molecule has 0 spiro atoms. The first-order valence-corrected chi connectivity index (χ1v) is 6.92. The second-order valence-corrected chi connectivity index (χ2v) is 5.32. The van der Waals surface area contributed by atoms with Gasteiger partial charge in [0, 0.05) is 19.6 Å². The van der Waals surface area contributed by atoms with E-state index in [2.05, 4.69) is 17.3 Å². The van der Waals surface area contributed by atoms with Gasteiger partial charge in [0.1, 0.15) is 5.82 Å². The summed E-state index contributed by atoms with van der Waals surface area (Å²) in [5, 5.41) is 3.15. The topological polar surface area (TPSA) is 15.3 Å². The van der Waals surface area contributed by atoms with Gasteiger partial charge in [0.25, 0.3) is 0 Å². The largest absolute Gasteiger partial charge is 0.381 e. The molecule has 100 valence electrons. The first kappa shape index (κ1) is 13.3. The minimum Gasteiger partial charge on any atom is -0.381 e. The van der Waals surface area contributed by atoms with Crippen LogP contribution in [0.25, 0.3) is 0 Å². The molecule has 3 heteroatoms. The van der Waals surface area contributed by atoms with Gasteiger partial charge in [-0.05, 0) is 37.9 Å². The molecule has 0 heterocycles. The van der Waals surface area contributed by atoms with Gasteiger partial charge in [-0.3, -0.25) is 0 Å². The third-order valence-corrected chi connectivity index (χ3v) is 3.73. The van der Waals surface area contributed by atoms with Crippen molar-refractivity contribution in [3.05, 3.63) is 30.1 Å². The van der Waals surface area contributed by atoms with Crippen molar-refractivity contribution in [3.63, 3.8) is 0 Å². The molecule has 0 unspecified atom stereocenters. The Morgan fingerprint density at radius 2 is 2.00 bits per heavy atom. The summed E-state index contributed by atoms with van der Waals surface area (Å²) in [4.78, 5) is 2.35. The fourth-order valence-electron chi connectivity index (χ4n) is 2.71.